The van der Waals surface area contributed by atoms with Crippen LogP contribution in [0.3, 0.4) is 0 Å². The molecule has 3 aromatic heterocycles. The van der Waals surface area contributed by atoms with Crippen LogP contribution in [0.5, 0.6) is 0 Å². The number of hydrogen-bond donors (Lipinski definition) is 1. The van der Waals surface area contributed by atoms with Crippen LogP contribution in [0.25, 0.3) is 27.6 Å². The molecule has 0 spiro atoms. The summed E-state index contributed by atoms with van der Waals surface area (Å²) in [6.45, 7) is 0. The average Bonchev–Trinajstić information content (AvgIpc) is 3.36. The number of fused-ring (bicyclic) bond motifs is 3. The number of para-hydroxylation sites is 1. The third kappa shape index (κ3) is 1.81. The number of nitrogens with zero attached hydrogens (tertiary/aromatic N) is 4. The van der Waals surface area contributed by atoms with E-state index in [0.29, 0.717) is 17.3 Å². The fourth-order valence-electron chi connectivity index (χ4n) is 3.04. The zero-order chi connectivity index (χ0) is 15.4. The molecule has 1 aromatic carbocycles. The summed E-state index contributed by atoms with van der Waals surface area (Å²) in [7, 11) is 0. The maximum Gasteiger partial charge on any atom is 0.297 e. The van der Waals surface area contributed by atoms with Crippen LogP contribution in [0, 0.1) is 0 Å². The van der Waals surface area contributed by atoms with Gasteiger partial charge >= 0.3 is 0 Å². The predicted octanol–water partition coefficient (Wildman–Crippen LogP) is 2.53. The van der Waals surface area contributed by atoms with Gasteiger partial charge in [-0.15, -0.1) is 0 Å². The molecule has 0 amide bonds. The van der Waals surface area contributed by atoms with E-state index in [1.807, 2.05) is 24.3 Å². The molecule has 0 aliphatic heterocycles. The summed E-state index contributed by atoms with van der Waals surface area (Å²) in [6.07, 6.45) is 7.18. The number of rotatable bonds is 2. The van der Waals surface area contributed by atoms with Gasteiger partial charge in [-0.2, -0.15) is 9.78 Å². The van der Waals surface area contributed by atoms with Crippen LogP contribution in [-0.4, -0.2) is 24.7 Å². The molecule has 1 aliphatic rings. The SMILES string of the molecule is O=c1c2[nH]c3ccccc3c2cnn1-c1nccnc1C1CC1. The minimum atomic E-state index is -0.193. The van der Waals surface area contributed by atoms with Gasteiger partial charge in [-0.3, -0.25) is 9.78 Å². The van der Waals surface area contributed by atoms with Crippen molar-refractivity contribution in [3.63, 3.8) is 0 Å². The molecule has 3 heterocycles. The Kier molecular flexibility index (Phi) is 2.44. The Morgan fingerprint density at radius 3 is 2.78 bits per heavy atom. The molecule has 112 valence electrons. The first-order chi connectivity index (χ1) is 11.3. The van der Waals surface area contributed by atoms with Gasteiger partial charge in [0.2, 0.25) is 0 Å². The van der Waals surface area contributed by atoms with Crippen molar-refractivity contribution in [3.05, 3.63) is 58.9 Å². The van der Waals surface area contributed by atoms with Gasteiger partial charge in [0.25, 0.3) is 5.56 Å². The molecule has 1 N–H and O–H groups in total. The van der Waals surface area contributed by atoms with E-state index in [0.717, 1.165) is 34.8 Å². The van der Waals surface area contributed by atoms with Crippen molar-refractivity contribution in [2.45, 2.75) is 18.8 Å². The molecule has 0 atom stereocenters. The molecule has 6 heteroatoms. The summed E-state index contributed by atoms with van der Waals surface area (Å²) in [6, 6.07) is 7.83. The smallest absolute Gasteiger partial charge is 0.297 e. The zero-order valence-corrected chi connectivity index (χ0v) is 12.2. The Hall–Kier alpha value is -3.02. The van der Waals surface area contributed by atoms with E-state index < -0.39 is 0 Å². The van der Waals surface area contributed by atoms with Crippen molar-refractivity contribution >= 4 is 21.8 Å². The lowest BCUT2D eigenvalue weighted by Crippen LogP contribution is -2.23. The summed E-state index contributed by atoms with van der Waals surface area (Å²) in [5.41, 5.74) is 2.15. The summed E-state index contributed by atoms with van der Waals surface area (Å²) < 4.78 is 1.36. The van der Waals surface area contributed by atoms with Gasteiger partial charge in [-0.25, -0.2) is 4.98 Å². The molecule has 4 aromatic rings. The molecule has 1 fully saturated rings. The monoisotopic (exact) mass is 303 g/mol. The van der Waals surface area contributed by atoms with Crippen molar-refractivity contribution in [3.8, 4) is 5.82 Å². The summed E-state index contributed by atoms with van der Waals surface area (Å²) in [4.78, 5) is 24.9. The van der Waals surface area contributed by atoms with E-state index in [2.05, 4.69) is 20.1 Å². The second kappa shape index (κ2) is 4.49. The van der Waals surface area contributed by atoms with Gasteiger partial charge in [0.1, 0.15) is 5.52 Å². The standard InChI is InChI=1S/C17H13N5O/c23-17-15-12(11-3-1-2-4-13(11)21-15)9-20-22(17)16-14(10-5-6-10)18-7-8-19-16/h1-4,7-10,21H,5-6H2. The van der Waals surface area contributed by atoms with Gasteiger partial charge < -0.3 is 4.98 Å². The molecular weight excluding hydrogens is 290 g/mol. The Balaban J connectivity index is 1.82. The Bertz CT molecular complexity index is 1110. The predicted molar refractivity (Wildman–Crippen MR) is 86.8 cm³/mol. The number of hydrogen-bond acceptors (Lipinski definition) is 4. The highest BCUT2D eigenvalue weighted by molar-refractivity contribution is 6.06. The van der Waals surface area contributed by atoms with Crippen LogP contribution in [0.2, 0.25) is 0 Å². The fourth-order valence-corrected chi connectivity index (χ4v) is 3.04. The van der Waals surface area contributed by atoms with Crippen LogP contribution in [0.4, 0.5) is 0 Å². The Morgan fingerprint density at radius 2 is 1.91 bits per heavy atom. The fraction of sp³-hybridized carbons (Fsp3) is 0.176. The lowest BCUT2D eigenvalue weighted by Gasteiger charge is -2.07. The quantitative estimate of drug-likeness (QED) is 0.617. The maximum atomic E-state index is 12.9. The molecule has 0 bridgehead atoms. The molecule has 1 saturated carbocycles. The maximum absolute atomic E-state index is 12.9. The minimum Gasteiger partial charge on any atom is -0.350 e. The van der Waals surface area contributed by atoms with Crippen molar-refractivity contribution < 1.29 is 0 Å². The van der Waals surface area contributed by atoms with E-state index in [4.69, 9.17) is 0 Å². The number of benzene rings is 1. The lowest BCUT2D eigenvalue weighted by molar-refractivity contribution is 0.763. The minimum absolute atomic E-state index is 0.193. The van der Waals surface area contributed by atoms with Gasteiger partial charge in [0, 0.05) is 34.6 Å². The molecular formula is C17H13N5O. The first-order valence-electron chi connectivity index (χ1n) is 7.63. The van der Waals surface area contributed by atoms with Crippen LogP contribution >= 0.6 is 0 Å². The second-order valence-corrected chi connectivity index (χ2v) is 5.86. The largest absolute Gasteiger partial charge is 0.350 e. The summed E-state index contributed by atoms with van der Waals surface area (Å²) >= 11 is 0. The van der Waals surface area contributed by atoms with E-state index in [1.165, 1.54) is 4.68 Å². The van der Waals surface area contributed by atoms with Gasteiger partial charge in [0.05, 0.1) is 11.9 Å². The average molecular weight is 303 g/mol. The van der Waals surface area contributed by atoms with E-state index >= 15 is 0 Å². The van der Waals surface area contributed by atoms with Crippen molar-refractivity contribution in [2.75, 3.05) is 0 Å². The van der Waals surface area contributed by atoms with Crippen molar-refractivity contribution in [2.24, 2.45) is 0 Å². The topological polar surface area (TPSA) is 76.5 Å². The molecule has 5 rings (SSSR count). The van der Waals surface area contributed by atoms with Gasteiger partial charge in [-0.05, 0) is 18.9 Å². The molecule has 0 radical (unpaired) electrons. The second-order valence-electron chi connectivity index (χ2n) is 5.86. The van der Waals surface area contributed by atoms with Crippen molar-refractivity contribution in [1.82, 2.24) is 24.7 Å². The van der Waals surface area contributed by atoms with E-state index in [9.17, 15) is 4.79 Å². The van der Waals surface area contributed by atoms with E-state index in [-0.39, 0.29) is 5.56 Å². The van der Waals surface area contributed by atoms with Crippen LogP contribution in [0.1, 0.15) is 24.5 Å². The summed E-state index contributed by atoms with van der Waals surface area (Å²) in [5.74, 6) is 0.936. The molecule has 1 aliphatic carbocycles. The number of aromatic amines is 1. The normalized spacial score (nSPS) is 14.6. The van der Waals surface area contributed by atoms with Gasteiger partial charge in [-0.1, -0.05) is 18.2 Å². The first kappa shape index (κ1) is 12.5. The highest BCUT2D eigenvalue weighted by atomic mass is 16.1. The van der Waals surface area contributed by atoms with Crippen molar-refractivity contribution in [1.29, 1.82) is 0 Å². The van der Waals surface area contributed by atoms with E-state index in [1.54, 1.807) is 18.6 Å². The molecule has 0 unspecified atom stereocenters. The third-order valence-electron chi connectivity index (χ3n) is 4.33. The highest BCUT2D eigenvalue weighted by Crippen LogP contribution is 2.40. The molecule has 0 saturated heterocycles. The zero-order valence-electron chi connectivity index (χ0n) is 12.2. The number of aromatic nitrogens is 5. The Morgan fingerprint density at radius 1 is 1.09 bits per heavy atom. The number of nitrogens with one attached hydrogen (secondary N) is 1. The Labute approximate surface area is 130 Å². The first-order valence-corrected chi connectivity index (χ1v) is 7.63. The molecule has 6 nitrogen and oxygen atoms in total. The highest BCUT2D eigenvalue weighted by Gasteiger charge is 2.29. The molecule has 23 heavy (non-hydrogen) atoms. The third-order valence-corrected chi connectivity index (χ3v) is 4.33. The van der Waals surface area contributed by atoms with Crippen LogP contribution in [-0.2, 0) is 0 Å². The lowest BCUT2D eigenvalue weighted by atomic mass is 10.2. The van der Waals surface area contributed by atoms with Gasteiger partial charge in [0.15, 0.2) is 5.82 Å². The van der Waals surface area contributed by atoms with Crippen LogP contribution < -0.4 is 5.56 Å². The number of H-pyrrole nitrogens is 1. The summed E-state index contributed by atoms with van der Waals surface area (Å²) in [5, 5.41) is 6.18. The van der Waals surface area contributed by atoms with Crippen LogP contribution in [0.15, 0.2) is 47.7 Å².